The van der Waals surface area contributed by atoms with Crippen molar-refractivity contribution in [2.24, 2.45) is 0 Å². The third kappa shape index (κ3) is 2.98. The van der Waals surface area contributed by atoms with Crippen molar-refractivity contribution in [1.29, 1.82) is 0 Å². The van der Waals surface area contributed by atoms with Gasteiger partial charge in [0.1, 0.15) is 11.4 Å². The van der Waals surface area contributed by atoms with E-state index in [1.807, 2.05) is 13.8 Å². The van der Waals surface area contributed by atoms with E-state index < -0.39 is 0 Å². The lowest BCUT2D eigenvalue weighted by atomic mass is 10.2. The molecular formula is C11H18N4O3. The smallest absolute Gasteiger partial charge is 0.409 e. The van der Waals surface area contributed by atoms with Crippen molar-refractivity contribution < 1.29 is 14.2 Å². The van der Waals surface area contributed by atoms with E-state index in [2.05, 4.69) is 20.3 Å². The first kappa shape index (κ1) is 12.8. The Balaban J connectivity index is 1.76. The van der Waals surface area contributed by atoms with E-state index in [0.29, 0.717) is 19.7 Å². The van der Waals surface area contributed by atoms with Gasteiger partial charge in [0.2, 0.25) is 0 Å². The van der Waals surface area contributed by atoms with Crippen molar-refractivity contribution in [3.05, 3.63) is 11.4 Å². The summed E-state index contributed by atoms with van der Waals surface area (Å²) in [6.07, 6.45) is 0.685. The van der Waals surface area contributed by atoms with Crippen molar-refractivity contribution in [3.8, 4) is 0 Å². The third-order valence-corrected chi connectivity index (χ3v) is 3.02. The Kier molecular flexibility index (Phi) is 4.14. The Hall–Kier alpha value is -1.63. The number of nitrogens with one attached hydrogen (secondary N) is 1. The molecule has 2 heterocycles. The van der Waals surface area contributed by atoms with Crippen LogP contribution < -0.4 is 5.32 Å². The first-order valence-corrected chi connectivity index (χ1v) is 6.13. The van der Waals surface area contributed by atoms with Gasteiger partial charge < -0.3 is 15.0 Å². The second-order valence-corrected chi connectivity index (χ2v) is 4.31. The number of ether oxygens (including phenoxy) is 1. The molecule has 1 N–H and O–H groups in total. The minimum Gasteiger partial charge on any atom is -0.450 e. The Morgan fingerprint density at radius 3 is 3.11 bits per heavy atom. The molecule has 0 aromatic carbocycles. The molecule has 0 aliphatic carbocycles. The Labute approximate surface area is 105 Å². The number of aromatic nitrogens is 2. The van der Waals surface area contributed by atoms with Gasteiger partial charge in [0, 0.05) is 25.7 Å². The number of nitrogens with zero attached hydrogens (tertiary/aromatic N) is 3. The Bertz CT molecular complexity index is 407. The summed E-state index contributed by atoms with van der Waals surface area (Å²) in [5, 5.41) is 10.9. The zero-order valence-electron chi connectivity index (χ0n) is 10.7. The van der Waals surface area contributed by atoms with E-state index >= 15 is 0 Å². The molecule has 0 saturated carbocycles. The number of carbonyl (C=O) groups excluding carboxylic acids is 1. The molecule has 18 heavy (non-hydrogen) atoms. The fraction of sp³-hybridized carbons (Fsp3) is 0.727. The lowest BCUT2D eigenvalue weighted by molar-refractivity contribution is 0.115. The van der Waals surface area contributed by atoms with E-state index in [1.54, 1.807) is 4.90 Å². The molecule has 1 aromatic heterocycles. The predicted octanol–water partition coefficient (Wildman–Crippen LogP) is 0.698. The van der Waals surface area contributed by atoms with Crippen LogP contribution in [0.1, 0.15) is 24.7 Å². The van der Waals surface area contributed by atoms with Gasteiger partial charge in [-0.3, -0.25) is 0 Å². The topological polar surface area (TPSA) is 80.5 Å². The van der Waals surface area contributed by atoms with Gasteiger partial charge in [-0.25, -0.2) is 9.42 Å². The standard InChI is InChI=1S/C11H18N4O3/c1-3-17-11(16)15-5-4-9(7-15)12-6-10-8(2)13-18-14-10/h9,12H,3-7H2,1-2H3/t9-/m1/s1. The van der Waals surface area contributed by atoms with E-state index in [1.165, 1.54) is 0 Å². The van der Waals surface area contributed by atoms with Gasteiger partial charge in [-0.05, 0) is 20.3 Å². The van der Waals surface area contributed by atoms with Crippen LogP contribution in [0.15, 0.2) is 4.63 Å². The first-order valence-electron chi connectivity index (χ1n) is 6.13. The summed E-state index contributed by atoms with van der Waals surface area (Å²) in [4.78, 5) is 13.2. The van der Waals surface area contributed by atoms with E-state index in [-0.39, 0.29) is 12.1 Å². The highest BCUT2D eigenvalue weighted by Gasteiger charge is 2.26. The fourth-order valence-electron chi connectivity index (χ4n) is 1.96. The summed E-state index contributed by atoms with van der Waals surface area (Å²) >= 11 is 0. The monoisotopic (exact) mass is 254 g/mol. The first-order chi connectivity index (χ1) is 8.70. The number of hydrogen-bond donors (Lipinski definition) is 1. The summed E-state index contributed by atoms with van der Waals surface area (Å²) in [5.74, 6) is 0. The van der Waals surface area contributed by atoms with Crippen LogP contribution in [-0.2, 0) is 11.3 Å². The van der Waals surface area contributed by atoms with E-state index in [9.17, 15) is 4.79 Å². The van der Waals surface area contributed by atoms with Crippen molar-refractivity contribution in [2.45, 2.75) is 32.9 Å². The molecule has 7 heteroatoms. The van der Waals surface area contributed by atoms with Gasteiger partial charge >= 0.3 is 6.09 Å². The summed E-state index contributed by atoms with van der Waals surface area (Å²) < 4.78 is 9.59. The zero-order chi connectivity index (χ0) is 13.0. The average molecular weight is 254 g/mol. The SMILES string of the molecule is CCOC(=O)N1CC[C@@H](NCc2nonc2C)C1. The normalized spacial score (nSPS) is 19.2. The molecule has 0 radical (unpaired) electrons. The van der Waals surface area contributed by atoms with Crippen LogP contribution in [0.2, 0.25) is 0 Å². The van der Waals surface area contributed by atoms with Crippen LogP contribution in [0, 0.1) is 6.92 Å². The minimum absolute atomic E-state index is 0.235. The molecule has 2 rings (SSSR count). The fourth-order valence-corrected chi connectivity index (χ4v) is 1.96. The van der Waals surface area contributed by atoms with Crippen molar-refractivity contribution in [3.63, 3.8) is 0 Å². The van der Waals surface area contributed by atoms with Crippen LogP contribution in [0.25, 0.3) is 0 Å². The van der Waals surface area contributed by atoms with E-state index in [0.717, 1.165) is 24.4 Å². The highest BCUT2D eigenvalue weighted by molar-refractivity contribution is 5.68. The van der Waals surface area contributed by atoms with Gasteiger partial charge in [-0.15, -0.1) is 0 Å². The zero-order valence-corrected chi connectivity index (χ0v) is 10.7. The van der Waals surface area contributed by atoms with Gasteiger partial charge in [0.15, 0.2) is 0 Å². The predicted molar refractivity (Wildman–Crippen MR) is 62.9 cm³/mol. The summed E-state index contributed by atoms with van der Waals surface area (Å²) in [6.45, 7) is 6.08. The van der Waals surface area contributed by atoms with Crippen molar-refractivity contribution >= 4 is 6.09 Å². The van der Waals surface area contributed by atoms with Crippen LogP contribution >= 0.6 is 0 Å². The summed E-state index contributed by atoms with van der Waals surface area (Å²) in [6, 6.07) is 0.269. The quantitative estimate of drug-likeness (QED) is 0.851. The van der Waals surface area contributed by atoms with Crippen LogP contribution in [0.4, 0.5) is 4.79 Å². The Morgan fingerprint density at radius 1 is 1.61 bits per heavy atom. The number of likely N-dealkylation sites (tertiary alicyclic amines) is 1. The maximum atomic E-state index is 11.5. The molecule has 1 saturated heterocycles. The molecule has 0 unspecified atom stereocenters. The van der Waals surface area contributed by atoms with Gasteiger partial charge in [-0.1, -0.05) is 10.3 Å². The lowest BCUT2D eigenvalue weighted by Gasteiger charge is -2.16. The van der Waals surface area contributed by atoms with Crippen molar-refractivity contribution in [1.82, 2.24) is 20.5 Å². The Morgan fingerprint density at radius 2 is 2.44 bits per heavy atom. The number of carbonyl (C=O) groups is 1. The van der Waals surface area contributed by atoms with Crippen molar-refractivity contribution in [2.75, 3.05) is 19.7 Å². The maximum Gasteiger partial charge on any atom is 0.409 e. The highest BCUT2D eigenvalue weighted by Crippen LogP contribution is 2.11. The molecule has 1 fully saturated rings. The van der Waals surface area contributed by atoms with Gasteiger partial charge in [0.05, 0.1) is 6.61 Å². The molecule has 0 spiro atoms. The van der Waals surface area contributed by atoms with Gasteiger partial charge in [0.25, 0.3) is 0 Å². The average Bonchev–Trinajstić information content (AvgIpc) is 2.96. The number of hydrogen-bond acceptors (Lipinski definition) is 6. The summed E-state index contributed by atoms with van der Waals surface area (Å²) in [7, 11) is 0. The number of rotatable bonds is 4. The minimum atomic E-state index is -0.235. The molecular weight excluding hydrogens is 236 g/mol. The molecule has 100 valence electrons. The van der Waals surface area contributed by atoms with Crippen LogP contribution in [-0.4, -0.2) is 47.0 Å². The molecule has 1 aliphatic heterocycles. The summed E-state index contributed by atoms with van der Waals surface area (Å²) in [5.41, 5.74) is 1.60. The second kappa shape index (κ2) is 5.81. The maximum absolute atomic E-state index is 11.5. The largest absolute Gasteiger partial charge is 0.450 e. The molecule has 0 bridgehead atoms. The second-order valence-electron chi connectivity index (χ2n) is 4.31. The molecule has 1 atom stereocenters. The van der Waals surface area contributed by atoms with E-state index in [4.69, 9.17) is 4.74 Å². The van der Waals surface area contributed by atoms with Gasteiger partial charge in [-0.2, -0.15) is 0 Å². The molecule has 7 nitrogen and oxygen atoms in total. The lowest BCUT2D eigenvalue weighted by Crippen LogP contribution is -2.35. The molecule has 1 aromatic rings. The molecule has 1 amide bonds. The number of amides is 1. The third-order valence-electron chi connectivity index (χ3n) is 3.02. The highest BCUT2D eigenvalue weighted by atomic mass is 16.6. The molecule has 1 aliphatic rings. The van der Waals surface area contributed by atoms with Crippen LogP contribution in [0.5, 0.6) is 0 Å². The van der Waals surface area contributed by atoms with Crippen LogP contribution in [0.3, 0.4) is 0 Å². The number of aryl methyl sites for hydroxylation is 1.